The summed E-state index contributed by atoms with van der Waals surface area (Å²) in [7, 11) is 2.16. The molecule has 3 heterocycles. The number of amides is 1. The zero-order chi connectivity index (χ0) is 28.2. The lowest BCUT2D eigenvalue weighted by molar-refractivity contribution is -0.115. The van der Waals surface area contributed by atoms with Crippen LogP contribution in [0.4, 0.5) is 34.6 Å². The number of nitrogens with one attached hydrogen (secondary N) is 3. The number of carbonyl (C=O) groups is 1. The zero-order valence-corrected chi connectivity index (χ0v) is 23.2. The molecule has 10 nitrogen and oxygen atoms in total. The highest BCUT2D eigenvalue weighted by Gasteiger charge is 2.17. The van der Waals surface area contributed by atoms with Crippen LogP contribution in [0.15, 0.2) is 85.1 Å². The van der Waals surface area contributed by atoms with Gasteiger partial charge in [-0.3, -0.25) is 9.36 Å². The van der Waals surface area contributed by atoms with Crippen LogP contribution in [0.5, 0.6) is 0 Å². The van der Waals surface area contributed by atoms with Gasteiger partial charge in [-0.2, -0.15) is 4.98 Å². The number of para-hydroxylation sites is 1. The Labute approximate surface area is 239 Å². The van der Waals surface area contributed by atoms with Crippen LogP contribution in [0.25, 0.3) is 16.9 Å². The average Bonchev–Trinajstić information content (AvgIpc) is 3.35. The van der Waals surface area contributed by atoms with Crippen LogP contribution in [0, 0.1) is 0 Å². The van der Waals surface area contributed by atoms with E-state index >= 15 is 0 Å². The Kier molecular flexibility index (Phi) is 7.46. The molecule has 1 saturated heterocycles. The molecule has 5 aromatic rings. The van der Waals surface area contributed by atoms with Crippen molar-refractivity contribution in [2.45, 2.75) is 13.3 Å². The summed E-state index contributed by atoms with van der Waals surface area (Å²) in [5.41, 5.74) is 5.79. The number of fused-ring (bicyclic) bond motifs is 1. The highest BCUT2D eigenvalue weighted by atomic mass is 16.1. The van der Waals surface area contributed by atoms with Gasteiger partial charge in [0.25, 0.3) is 0 Å². The number of hydrogen-bond acceptors (Lipinski definition) is 8. The third-order valence-electron chi connectivity index (χ3n) is 7.13. The van der Waals surface area contributed by atoms with Crippen molar-refractivity contribution in [2.24, 2.45) is 0 Å². The Hall–Kier alpha value is -4.96. The van der Waals surface area contributed by atoms with Crippen molar-refractivity contribution < 1.29 is 4.79 Å². The second-order valence-corrected chi connectivity index (χ2v) is 10.1. The van der Waals surface area contributed by atoms with Gasteiger partial charge in [0.1, 0.15) is 5.52 Å². The van der Waals surface area contributed by atoms with Gasteiger partial charge in [0.2, 0.25) is 17.8 Å². The van der Waals surface area contributed by atoms with Crippen molar-refractivity contribution >= 4 is 51.7 Å². The van der Waals surface area contributed by atoms with Gasteiger partial charge >= 0.3 is 0 Å². The van der Waals surface area contributed by atoms with Gasteiger partial charge in [-0.1, -0.05) is 31.2 Å². The van der Waals surface area contributed by atoms with Crippen molar-refractivity contribution in [3.8, 4) is 5.69 Å². The summed E-state index contributed by atoms with van der Waals surface area (Å²) in [6.07, 6.45) is 2.12. The summed E-state index contributed by atoms with van der Waals surface area (Å²) >= 11 is 0. The first kappa shape index (κ1) is 26.3. The fourth-order valence-corrected chi connectivity index (χ4v) is 4.83. The number of hydrogen-bond donors (Lipinski definition) is 3. The van der Waals surface area contributed by atoms with Crippen LogP contribution in [-0.2, 0) is 4.79 Å². The zero-order valence-electron chi connectivity index (χ0n) is 23.2. The summed E-state index contributed by atoms with van der Waals surface area (Å²) in [6, 6.07) is 25.9. The molecule has 1 amide bonds. The number of rotatable bonds is 8. The largest absolute Gasteiger partial charge is 0.369 e. The van der Waals surface area contributed by atoms with Crippen LogP contribution >= 0.6 is 0 Å². The third-order valence-corrected chi connectivity index (χ3v) is 7.13. The average molecular weight is 548 g/mol. The molecule has 1 fully saturated rings. The number of nitrogens with zero attached hydrogens (tertiary/aromatic N) is 6. The molecule has 1 aliphatic rings. The molecule has 6 rings (SSSR count). The van der Waals surface area contributed by atoms with Crippen molar-refractivity contribution in [1.82, 2.24) is 24.4 Å². The van der Waals surface area contributed by atoms with Crippen molar-refractivity contribution in [3.63, 3.8) is 0 Å². The molecule has 0 bridgehead atoms. The number of piperazine rings is 1. The summed E-state index contributed by atoms with van der Waals surface area (Å²) in [5.74, 6) is 1.01. The van der Waals surface area contributed by atoms with Gasteiger partial charge < -0.3 is 25.8 Å². The summed E-state index contributed by atoms with van der Waals surface area (Å²) in [5, 5.41) is 9.70. The van der Waals surface area contributed by atoms with E-state index < -0.39 is 0 Å². The minimum Gasteiger partial charge on any atom is -0.369 e. The molecule has 3 N–H and O–H groups in total. The minimum absolute atomic E-state index is 0.0484. The van der Waals surface area contributed by atoms with Gasteiger partial charge in [-0.15, -0.1) is 0 Å². The molecule has 0 radical (unpaired) electrons. The standard InChI is InChI=1S/C31H33N9O/c1-3-28(41)33-24-10-7-11-26(20-24)40-29-27(36-31(40)35-22-8-5-4-6-9-22)21-32-30(37-29)34-23-12-14-25(15-13-23)39-18-16-38(2)17-19-39/h4-15,20-21H,3,16-19H2,1-2H3,(H,33,41)(H,35,36)(H,32,34,37). The van der Waals surface area contributed by atoms with E-state index in [4.69, 9.17) is 9.97 Å². The second-order valence-electron chi connectivity index (χ2n) is 10.1. The molecule has 3 aromatic carbocycles. The molecule has 1 aliphatic heterocycles. The highest BCUT2D eigenvalue weighted by molar-refractivity contribution is 5.91. The number of imidazole rings is 1. The van der Waals surface area contributed by atoms with Crippen LogP contribution < -0.4 is 20.9 Å². The molecule has 0 unspecified atom stereocenters. The van der Waals surface area contributed by atoms with Crippen molar-refractivity contribution in [2.75, 3.05) is 54.1 Å². The van der Waals surface area contributed by atoms with Gasteiger partial charge in [0, 0.05) is 55.3 Å². The van der Waals surface area contributed by atoms with Crippen LogP contribution in [-0.4, -0.2) is 63.6 Å². The van der Waals surface area contributed by atoms with Gasteiger partial charge in [-0.05, 0) is 61.6 Å². The summed E-state index contributed by atoms with van der Waals surface area (Å²) in [4.78, 5) is 31.1. The molecule has 10 heteroatoms. The number of aromatic nitrogens is 4. The number of benzene rings is 3. The first-order valence-electron chi connectivity index (χ1n) is 13.8. The molecule has 208 valence electrons. The van der Waals surface area contributed by atoms with Gasteiger partial charge in [0.15, 0.2) is 5.65 Å². The van der Waals surface area contributed by atoms with Crippen LogP contribution in [0.3, 0.4) is 0 Å². The smallest absolute Gasteiger partial charge is 0.229 e. The van der Waals surface area contributed by atoms with Gasteiger partial charge in [0.05, 0.1) is 11.9 Å². The third kappa shape index (κ3) is 5.97. The lowest BCUT2D eigenvalue weighted by Crippen LogP contribution is -2.44. The highest BCUT2D eigenvalue weighted by Crippen LogP contribution is 2.29. The van der Waals surface area contributed by atoms with E-state index in [1.54, 1.807) is 6.20 Å². The minimum atomic E-state index is -0.0484. The lowest BCUT2D eigenvalue weighted by Gasteiger charge is -2.34. The quantitative estimate of drug-likeness (QED) is 0.237. The Morgan fingerprint density at radius 1 is 0.805 bits per heavy atom. The summed E-state index contributed by atoms with van der Waals surface area (Å²) in [6.45, 7) is 6.01. The van der Waals surface area contributed by atoms with Crippen molar-refractivity contribution in [3.05, 3.63) is 85.1 Å². The molecule has 0 aliphatic carbocycles. The first-order valence-corrected chi connectivity index (χ1v) is 13.8. The normalized spacial score (nSPS) is 13.8. The maximum absolute atomic E-state index is 12.1. The van der Waals surface area contributed by atoms with E-state index in [0.717, 1.165) is 43.2 Å². The Balaban J connectivity index is 1.33. The fraction of sp³-hybridized carbons (Fsp3) is 0.226. The number of carbonyl (C=O) groups excluding carboxylic acids is 1. The van der Waals surface area contributed by atoms with Crippen LogP contribution in [0.2, 0.25) is 0 Å². The van der Waals surface area contributed by atoms with E-state index in [1.807, 2.05) is 66.1 Å². The molecule has 41 heavy (non-hydrogen) atoms. The molecule has 0 saturated carbocycles. The topological polar surface area (TPSA) is 103 Å². The molecule has 0 atom stereocenters. The maximum Gasteiger partial charge on any atom is 0.229 e. The molecule has 2 aromatic heterocycles. The lowest BCUT2D eigenvalue weighted by atomic mass is 10.2. The Morgan fingerprint density at radius 2 is 1.54 bits per heavy atom. The van der Waals surface area contributed by atoms with E-state index in [2.05, 4.69) is 62.0 Å². The summed E-state index contributed by atoms with van der Waals surface area (Å²) < 4.78 is 1.94. The van der Waals surface area contributed by atoms with Gasteiger partial charge in [-0.25, -0.2) is 9.97 Å². The van der Waals surface area contributed by atoms with Crippen LogP contribution in [0.1, 0.15) is 13.3 Å². The Bertz CT molecular complexity index is 1640. The van der Waals surface area contributed by atoms with E-state index in [0.29, 0.717) is 35.2 Å². The molecular formula is C31H33N9O. The van der Waals surface area contributed by atoms with E-state index in [-0.39, 0.29) is 5.91 Å². The SMILES string of the molecule is CCC(=O)Nc1cccc(-n2c(Nc3ccccc3)nc3cnc(Nc4ccc(N5CCN(C)CC5)cc4)nc32)c1. The number of likely N-dealkylation sites (N-methyl/N-ethyl adjacent to an activating group) is 1. The fourth-order valence-electron chi connectivity index (χ4n) is 4.83. The van der Waals surface area contributed by atoms with E-state index in [9.17, 15) is 4.79 Å². The maximum atomic E-state index is 12.1. The van der Waals surface area contributed by atoms with E-state index in [1.165, 1.54) is 5.69 Å². The van der Waals surface area contributed by atoms with Crippen molar-refractivity contribution in [1.29, 1.82) is 0 Å². The number of anilines is 6. The molecule has 0 spiro atoms. The Morgan fingerprint density at radius 3 is 2.29 bits per heavy atom. The molecular weight excluding hydrogens is 514 g/mol. The second kappa shape index (κ2) is 11.6. The predicted octanol–water partition coefficient (Wildman–Crippen LogP) is 5.40. The monoisotopic (exact) mass is 547 g/mol. The first-order chi connectivity index (χ1) is 20.1. The predicted molar refractivity (Wildman–Crippen MR) is 165 cm³/mol.